The van der Waals surface area contributed by atoms with Crippen LogP contribution < -0.4 is 38.9 Å². The molecule has 0 radical (unpaired) electrons. The highest BCUT2D eigenvalue weighted by Crippen LogP contribution is 2.22. The first kappa shape index (κ1) is 22.9. The Balaban J connectivity index is 5.24. The van der Waals surface area contributed by atoms with Crippen LogP contribution in [0.3, 0.4) is 0 Å². The fraction of sp³-hybridized carbons (Fsp3) is 0.714. The van der Waals surface area contributed by atoms with Crippen molar-refractivity contribution >= 4 is 23.5 Å². The van der Waals surface area contributed by atoms with Crippen LogP contribution in [0.15, 0.2) is 0 Å². The second-order valence-corrected chi connectivity index (χ2v) is 5.69. The highest BCUT2D eigenvalue weighted by molar-refractivity contribution is 5.81. The Hall–Kier alpha value is -2.08. The summed E-state index contributed by atoms with van der Waals surface area (Å²) in [7, 11) is 0. The zero-order valence-corrected chi connectivity index (χ0v) is 14.3. The van der Waals surface area contributed by atoms with Gasteiger partial charge in [0.05, 0.1) is 26.2 Å². The zero-order chi connectivity index (χ0) is 19.3. The molecule has 0 aliphatic rings. The molecular weight excluding hydrogens is 330 g/mol. The van der Waals surface area contributed by atoms with Crippen LogP contribution in [-0.2, 0) is 19.2 Å². The van der Waals surface area contributed by atoms with Gasteiger partial charge >= 0.3 is 0 Å². The van der Waals surface area contributed by atoms with E-state index in [1.54, 1.807) is 0 Å². The second-order valence-electron chi connectivity index (χ2n) is 5.69. The molecule has 0 aromatic rings. The average molecular weight is 359 g/mol. The lowest BCUT2D eigenvalue weighted by Crippen LogP contribution is -2.53. The van der Waals surface area contributed by atoms with E-state index >= 15 is 0 Å². The van der Waals surface area contributed by atoms with E-state index in [4.69, 9.17) is 22.9 Å². The third kappa shape index (κ3) is 9.72. The van der Waals surface area contributed by atoms with E-state index in [9.17, 15) is 19.2 Å². The maximum Gasteiger partial charge on any atom is 0.233 e. The largest absolute Gasteiger partial charge is 0.354 e. The summed E-state index contributed by atoms with van der Waals surface area (Å²) in [6, 6.07) is 0. The lowest BCUT2D eigenvalue weighted by molar-refractivity contribution is -0.120. The predicted molar refractivity (Wildman–Crippen MR) is 91.9 cm³/mol. The van der Waals surface area contributed by atoms with E-state index in [2.05, 4.69) is 16.0 Å². The molecule has 0 aliphatic carbocycles. The monoisotopic (exact) mass is 359 g/mol. The van der Waals surface area contributed by atoms with Gasteiger partial charge in [-0.3, -0.25) is 19.2 Å². The Morgan fingerprint density at radius 3 is 1.28 bits per heavy atom. The van der Waals surface area contributed by atoms with Crippen LogP contribution in [0.4, 0.5) is 0 Å². The molecule has 0 fully saturated rings. The second kappa shape index (κ2) is 12.3. The SMILES string of the molecule is NCC(=O)CCC(CNC(=O)CN)(CNC(=O)CN)CNC(=O)CN. The minimum atomic E-state index is -0.814. The molecule has 11 nitrogen and oxygen atoms in total. The number of hydrogen-bond donors (Lipinski definition) is 7. The highest BCUT2D eigenvalue weighted by Gasteiger charge is 2.32. The number of ketones is 1. The van der Waals surface area contributed by atoms with E-state index in [1.807, 2.05) is 0 Å². The zero-order valence-electron chi connectivity index (χ0n) is 14.3. The van der Waals surface area contributed by atoms with Crippen LogP contribution in [0, 0.1) is 5.41 Å². The minimum Gasteiger partial charge on any atom is -0.354 e. The molecule has 0 aromatic carbocycles. The van der Waals surface area contributed by atoms with Gasteiger partial charge < -0.3 is 38.9 Å². The van der Waals surface area contributed by atoms with Gasteiger partial charge in [0.15, 0.2) is 0 Å². The summed E-state index contributed by atoms with van der Waals surface area (Å²) >= 11 is 0. The summed E-state index contributed by atoms with van der Waals surface area (Å²) in [6.07, 6.45) is 0.412. The topological polar surface area (TPSA) is 208 Å². The molecule has 144 valence electrons. The summed E-state index contributed by atoms with van der Waals surface area (Å²) < 4.78 is 0. The van der Waals surface area contributed by atoms with Gasteiger partial charge in [-0.1, -0.05) is 0 Å². The van der Waals surface area contributed by atoms with Gasteiger partial charge in [-0.2, -0.15) is 0 Å². The summed E-state index contributed by atoms with van der Waals surface area (Å²) in [6.45, 7) is -0.453. The van der Waals surface area contributed by atoms with Crippen LogP contribution in [0.2, 0.25) is 0 Å². The fourth-order valence-corrected chi connectivity index (χ4v) is 2.03. The third-order valence-electron chi connectivity index (χ3n) is 3.70. The summed E-state index contributed by atoms with van der Waals surface area (Å²) in [5, 5.41) is 7.88. The number of amides is 3. The molecule has 11 N–H and O–H groups in total. The number of nitrogens with two attached hydrogens (primary N) is 4. The molecule has 0 saturated heterocycles. The normalized spacial score (nSPS) is 10.9. The molecule has 0 rings (SSSR count). The van der Waals surface area contributed by atoms with E-state index in [0.29, 0.717) is 0 Å². The Morgan fingerprint density at radius 2 is 1.00 bits per heavy atom. The van der Waals surface area contributed by atoms with Crippen molar-refractivity contribution in [2.24, 2.45) is 28.3 Å². The van der Waals surface area contributed by atoms with Crippen molar-refractivity contribution in [2.45, 2.75) is 12.8 Å². The third-order valence-corrected chi connectivity index (χ3v) is 3.70. The van der Waals surface area contributed by atoms with Gasteiger partial charge in [-0.25, -0.2) is 0 Å². The van der Waals surface area contributed by atoms with Gasteiger partial charge in [0.1, 0.15) is 5.78 Å². The van der Waals surface area contributed by atoms with Crippen LogP contribution >= 0.6 is 0 Å². The number of nitrogens with one attached hydrogen (secondary N) is 3. The van der Waals surface area contributed by atoms with Crippen LogP contribution in [-0.4, -0.2) is 69.3 Å². The average Bonchev–Trinajstić information content (AvgIpc) is 2.65. The molecule has 0 bridgehead atoms. The number of carbonyl (C=O) groups excluding carboxylic acids is 4. The first-order valence-corrected chi connectivity index (χ1v) is 7.94. The Bertz CT molecular complexity index is 385. The smallest absolute Gasteiger partial charge is 0.233 e. The maximum atomic E-state index is 11.6. The number of hydrogen-bond acceptors (Lipinski definition) is 8. The van der Waals surface area contributed by atoms with E-state index in [-0.39, 0.29) is 64.4 Å². The molecule has 0 aromatic heterocycles. The fourth-order valence-electron chi connectivity index (χ4n) is 2.03. The van der Waals surface area contributed by atoms with Crippen LogP contribution in [0.1, 0.15) is 12.8 Å². The van der Waals surface area contributed by atoms with E-state index < -0.39 is 23.1 Å². The molecule has 11 heteroatoms. The van der Waals surface area contributed by atoms with Crippen LogP contribution in [0.5, 0.6) is 0 Å². The lowest BCUT2D eigenvalue weighted by Gasteiger charge is -2.34. The number of carbonyl (C=O) groups is 4. The Kier molecular flexibility index (Phi) is 11.3. The lowest BCUT2D eigenvalue weighted by atomic mass is 9.81. The summed E-state index contributed by atoms with van der Waals surface area (Å²) in [5.41, 5.74) is 20.3. The van der Waals surface area contributed by atoms with Gasteiger partial charge in [0.25, 0.3) is 0 Å². The quantitative estimate of drug-likeness (QED) is 0.170. The maximum absolute atomic E-state index is 11.6. The molecular formula is C14H29N7O4. The van der Waals surface area contributed by atoms with Crippen molar-refractivity contribution in [1.82, 2.24) is 16.0 Å². The summed E-state index contributed by atoms with van der Waals surface area (Å²) in [4.78, 5) is 46.1. The standard InChI is InChI=1S/C14H29N7O4/c15-3-10(22)1-2-14(7-19-11(23)4-16,8-20-12(24)5-17)9-21-13(25)6-18/h1-9,15-18H2,(H,19,23)(H,20,24)(H,21,25). The van der Waals surface area contributed by atoms with Crippen molar-refractivity contribution in [3.63, 3.8) is 0 Å². The molecule has 0 aliphatic heterocycles. The van der Waals surface area contributed by atoms with Crippen molar-refractivity contribution < 1.29 is 19.2 Å². The van der Waals surface area contributed by atoms with E-state index in [1.165, 1.54) is 0 Å². The van der Waals surface area contributed by atoms with Crippen LogP contribution in [0.25, 0.3) is 0 Å². The predicted octanol–water partition coefficient (Wildman–Crippen LogP) is -4.49. The molecule has 3 amide bonds. The van der Waals surface area contributed by atoms with Crippen molar-refractivity contribution in [3.8, 4) is 0 Å². The van der Waals surface area contributed by atoms with E-state index in [0.717, 1.165) is 0 Å². The van der Waals surface area contributed by atoms with Gasteiger partial charge in [0, 0.05) is 31.5 Å². The van der Waals surface area contributed by atoms with Crippen molar-refractivity contribution in [2.75, 3.05) is 45.8 Å². The first-order chi connectivity index (χ1) is 11.8. The highest BCUT2D eigenvalue weighted by atomic mass is 16.2. The van der Waals surface area contributed by atoms with Gasteiger partial charge in [-0.15, -0.1) is 0 Å². The van der Waals surface area contributed by atoms with Crippen molar-refractivity contribution in [1.29, 1.82) is 0 Å². The molecule has 25 heavy (non-hydrogen) atoms. The van der Waals surface area contributed by atoms with Gasteiger partial charge in [0.2, 0.25) is 17.7 Å². The summed E-state index contributed by atoms with van der Waals surface area (Å²) in [5.74, 6) is -1.37. The van der Waals surface area contributed by atoms with Gasteiger partial charge in [-0.05, 0) is 6.42 Å². The molecule has 0 heterocycles. The molecule has 0 spiro atoms. The Morgan fingerprint density at radius 1 is 0.640 bits per heavy atom. The Labute approximate surface area is 146 Å². The molecule has 0 unspecified atom stereocenters. The first-order valence-electron chi connectivity index (χ1n) is 7.94. The number of rotatable bonds is 13. The van der Waals surface area contributed by atoms with Crippen molar-refractivity contribution in [3.05, 3.63) is 0 Å². The molecule has 0 atom stereocenters. The number of Topliss-reactive ketones (excluding diaryl/α,β-unsaturated/α-hetero) is 1. The molecule has 0 saturated carbocycles. The minimum absolute atomic E-state index is 0.0938.